The van der Waals surface area contributed by atoms with Gasteiger partial charge in [-0.1, -0.05) is 32.9 Å². The van der Waals surface area contributed by atoms with E-state index in [2.05, 4.69) is 45.6 Å². The Morgan fingerprint density at radius 3 is 2.29 bits per heavy atom. The van der Waals surface area contributed by atoms with Gasteiger partial charge >= 0.3 is 0 Å². The highest BCUT2D eigenvalue weighted by atomic mass is 19.1. The SMILES string of the molecule is CC(C)N1CCC(Cc2ccc(C(C)(C)C)cc2F)CC1. The minimum absolute atomic E-state index is 0.0158. The Morgan fingerprint density at radius 2 is 1.81 bits per heavy atom. The minimum Gasteiger partial charge on any atom is -0.301 e. The van der Waals surface area contributed by atoms with Gasteiger partial charge < -0.3 is 4.90 Å². The zero-order valence-electron chi connectivity index (χ0n) is 14.2. The predicted octanol–water partition coefficient (Wildman–Crippen LogP) is 4.79. The monoisotopic (exact) mass is 291 g/mol. The van der Waals surface area contributed by atoms with Crippen LogP contribution in [0.4, 0.5) is 4.39 Å². The van der Waals surface area contributed by atoms with E-state index in [4.69, 9.17) is 0 Å². The quantitative estimate of drug-likeness (QED) is 0.774. The summed E-state index contributed by atoms with van der Waals surface area (Å²) < 4.78 is 14.3. The first-order valence-corrected chi connectivity index (χ1v) is 8.30. The topological polar surface area (TPSA) is 3.24 Å². The minimum atomic E-state index is -0.0197. The van der Waals surface area contributed by atoms with Crippen LogP contribution in [0.2, 0.25) is 0 Å². The van der Waals surface area contributed by atoms with Crippen molar-refractivity contribution in [3.8, 4) is 0 Å². The molecule has 0 atom stereocenters. The van der Waals surface area contributed by atoms with Crippen LogP contribution in [0.15, 0.2) is 18.2 Å². The Bertz CT molecular complexity index is 465. The summed E-state index contributed by atoms with van der Waals surface area (Å²) in [5.41, 5.74) is 1.99. The average molecular weight is 291 g/mol. The van der Waals surface area contributed by atoms with E-state index < -0.39 is 0 Å². The highest BCUT2D eigenvalue weighted by Crippen LogP contribution is 2.27. The van der Waals surface area contributed by atoms with E-state index in [1.807, 2.05) is 6.07 Å². The van der Waals surface area contributed by atoms with Gasteiger partial charge in [-0.15, -0.1) is 0 Å². The molecule has 0 amide bonds. The summed E-state index contributed by atoms with van der Waals surface area (Å²) in [6.45, 7) is 13.2. The molecule has 1 nitrogen and oxygen atoms in total. The van der Waals surface area contributed by atoms with Gasteiger partial charge in [0.2, 0.25) is 0 Å². The van der Waals surface area contributed by atoms with Gasteiger partial charge in [0.25, 0.3) is 0 Å². The van der Waals surface area contributed by atoms with Crippen LogP contribution in [0.1, 0.15) is 58.6 Å². The molecule has 0 aliphatic carbocycles. The second kappa shape index (κ2) is 6.48. The normalized spacial score (nSPS) is 18.4. The number of hydrogen-bond acceptors (Lipinski definition) is 1. The van der Waals surface area contributed by atoms with Crippen LogP contribution in [0.25, 0.3) is 0 Å². The van der Waals surface area contributed by atoms with Gasteiger partial charge in [-0.2, -0.15) is 0 Å². The Kier molecular flexibility index (Phi) is 5.08. The Hall–Kier alpha value is -0.890. The number of likely N-dealkylation sites (tertiary alicyclic amines) is 1. The Balaban J connectivity index is 1.98. The molecule has 0 spiro atoms. The molecule has 2 rings (SSSR count). The molecule has 0 unspecified atom stereocenters. The maximum Gasteiger partial charge on any atom is 0.126 e. The van der Waals surface area contributed by atoms with Crippen LogP contribution < -0.4 is 0 Å². The van der Waals surface area contributed by atoms with Crippen molar-refractivity contribution >= 4 is 0 Å². The number of piperidine rings is 1. The standard InChI is InChI=1S/C19H30FN/c1-14(2)21-10-8-15(9-11-21)12-16-6-7-17(13-18(16)20)19(3,4)5/h6-7,13-15H,8-12H2,1-5H3. The van der Waals surface area contributed by atoms with Gasteiger partial charge in [0, 0.05) is 6.04 Å². The van der Waals surface area contributed by atoms with Gasteiger partial charge in [0.15, 0.2) is 0 Å². The molecule has 0 bridgehead atoms. The van der Waals surface area contributed by atoms with E-state index in [0.29, 0.717) is 12.0 Å². The molecule has 118 valence electrons. The molecule has 1 aliphatic rings. The Morgan fingerprint density at radius 1 is 1.19 bits per heavy atom. The average Bonchev–Trinajstić information content (AvgIpc) is 2.40. The number of rotatable bonds is 3. The van der Waals surface area contributed by atoms with Crippen LogP contribution in [0.5, 0.6) is 0 Å². The number of halogens is 1. The van der Waals surface area contributed by atoms with Gasteiger partial charge in [-0.25, -0.2) is 4.39 Å². The molecule has 1 aromatic carbocycles. The molecule has 0 radical (unpaired) electrons. The smallest absolute Gasteiger partial charge is 0.126 e. The summed E-state index contributed by atoms with van der Waals surface area (Å²) in [5, 5.41) is 0. The number of benzene rings is 1. The van der Waals surface area contributed by atoms with Gasteiger partial charge in [-0.05, 0) is 74.7 Å². The van der Waals surface area contributed by atoms with Crippen molar-refractivity contribution in [3.05, 3.63) is 35.1 Å². The van der Waals surface area contributed by atoms with E-state index >= 15 is 0 Å². The molecule has 1 fully saturated rings. The van der Waals surface area contributed by atoms with Gasteiger partial charge in [0.05, 0.1) is 0 Å². The third-order valence-electron chi connectivity index (χ3n) is 4.81. The van der Waals surface area contributed by atoms with Crippen molar-refractivity contribution in [2.24, 2.45) is 5.92 Å². The van der Waals surface area contributed by atoms with Crippen molar-refractivity contribution in [2.45, 2.75) is 65.3 Å². The number of hydrogen-bond donors (Lipinski definition) is 0. The van der Waals surface area contributed by atoms with Crippen LogP contribution in [-0.2, 0) is 11.8 Å². The van der Waals surface area contributed by atoms with Crippen molar-refractivity contribution in [3.63, 3.8) is 0 Å². The first kappa shape index (κ1) is 16.5. The number of nitrogens with zero attached hydrogens (tertiary/aromatic N) is 1. The van der Waals surface area contributed by atoms with Crippen LogP contribution >= 0.6 is 0 Å². The van der Waals surface area contributed by atoms with E-state index in [1.165, 1.54) is 12.8 Å². The van der Waals surface area contributed by atoms with Crippen molar-refractivity contribution in [2.75, 3.05) is 13.1 Å². The lowest BCUT2D eigenvalue weighted by molar-refractivity contribution is 0.149. The van der Waals surface area contributed by atoms with Gasteiger partial charge in [0.1, 0.15) is 5.82 Å². The van der Waals surface area contributed by atoms with Crippen LogP contribution in [-0.4, -0.2) is 24.0 Å². The fourth-order valence-corrected chi connectivity index (χ4v) is 3.16. The third kappa shape index (κ3) is 4.29. The van der Waals surface area contributed by atoms with Gasteiger partial charge in [-0.3, -0.25) is 0 Å². The molecule has 0 saturated carbocycles. The van der Waals surface area contributed by atoms with E-state index in [9.17, 15) is 4.39 Å². The lowest BCUT2D eigenvalue weighted by Gasteiger charge is -2.34. The molecular formula is C19H30FN. The maximum absolute atomic E-state index is 14.3. The molecule has 2 heteroatoms. The molecule has 1 heterocycles. The molecule has 1 saturated heterocycles. The van der Waals surface area contributed by atoms with Crippen molar-refractivity contribution < 1.29 is 4.39 Å². The highest BCUT2D eigenvalue weighted by Gasteiger charge is 2.22. The second-order valence-corrected chi connectivity index (χ2v) is 7.83. The second-order valence-electron chi connectivity index (χ2n) is 7.83. The van der Waals surface area contributed by atoms with Crippen molar-refractivity contribution in [1.82, 2.24) is 4.90 Å². The summed E-state index contributed by atoms with van der Waals surface area (Å²) in [5.74, 6) is 0.615. The fourth-order valence-electron chi connectivity index (χ4n) is 3.16. The first-order valence-electron chi connectivity index (χ1n) is 8.30. The molecule has 0 N–H and O–H groups in total. The zero-order valence-corrected chi connectivity index (χ0v) is 14.2. The van der Waals surface area contributed by atoms with Crippen molar-refractivity contribution in [1.29, 1.82) is 0 Å². The lowest BCUT2D eigenvalue weighted by atomic mass is 9.84. The summed E-state index contributed by atoms with van der Waals surface area (Å²) in [4.78, 5) is 2.52. The summed E-state index contributed by atoms with van der Waals surface area (Å²) in [6, 6.07) is 6.47. The summed E-state index contributed by atoms with van der Waals surface area (Å²) >= 11 is 0. The molecule has 1 aromatic rings. The molecule has 1 aliphatic heterocycles. The third-order valence-corrected chi connectivity index (χ3v) is 4.81. The largest absolute Gasteiger partial charge is 0.301 e. The summed E-state index contributed by atoms with van der Waals surface area (Å²) in [7, 11) is 0. The van der Waals surface area contributed by atoms with Crippen LogP contribution in [0, 0.1) is 11.7 Å². The lowest BCUT2D eigenvalue weighted by Crippen LogP contribution is -2.38. The van der Waals surface area contributed by atoms with E-state index in [-0.39, 0.29) is 11.2 Å². The highest BCUT2D eigenvalue weighted by molar-refractivity contribution is 5.29. The molecule has 21 heavy (non-hydrogen) atoms. The molecule has 0 aromatic heterocycles. The Labute approximate surface area is 129 Å². The molecular weight excluding hydrogens is 261 g/mol. The van der Waals surface area contributed by atoms with Crippen LogP contribution in [0.3, 0.4) is 0 Å². The first-order chi connectivity index (χ1) is 9.77. The zero-order chi connectivity index (χ0) is 15.6. The summed E-state index contributed by atoms with van der Waals surface area (Å²) in [6.07, 6.45) is 3.28. The maximum atomic E-state index is 14.3. The van der Waals surface area contributed by atoms with E-state index in [1.54, 1.807) is 6.07 Å². The van der Waals surface area contributed by atoms with E-state index in [0.717, 1.165) is 30.6 Å². The fraction of sp³-hybridized carbons (Fsp3) is 0.684. The predicted molar refractivity (Wildman–Crippen MR) is 88.2 cm³/mol.